The summed E-state index contributed by atoms with van der Waals surface area (Å²) < 4.78 is 32.1. The lowest BCUT2D eigenvalue weighted by molar-refractivity contribution is 0.245. The van der Waals surface area contributed by atoms with Crippen molar-refractivity contribution in [3.63, 3.8) is 0 Å². The molecule has 0 atom stereocenters. The van der Waals surface area contributed by atoms with Gasteiger partial charge in [0.2, 0.25) is 10.0 Å². The number of hydrogen-bond acceptors (Lipinski definition) is 6. The maximum Gasteiger partial charge on any atom is 0.217 e. The van der Waals surface area contributed by atoms with Gasteiger partial charge >= 0.3 is 0 Å². The first kappa shape index (κ1) is 15.4. The van der Waals surface area contributed by atoms with E-state index in [2.05, 4.69) is 20.1 Å². The molecule has 0 saturated carbocycles. The summed E-state index contributed by atoms with van der Waals surface area (Å²) in [6.07, 6.45) is 0. The summed E-state index contributed by atoms with van der Waals surface area (Å²) in [5.74, 6) is -0.161. The second kappa shape index (κ2) is 6.74. The number of benzene rings is 1. The predicted molar refractivity (Wildman–Crippen MR) is 83.9 cm³/mol. The fourth-order valence-corrected chi connectivity index (χ4v) is 3.64. The van der Waals surface area contributed by atoms with Crippen LogP contribution in [0.4, 0.5) is 0 Å². The highest BCUT2D eigenvalue weighted by atomic mass is 32.2. The molecule has 1 aromatic heterocycles. The van der Waals surface area contributed by atoms with Gasteiger partial charge in [-0.3, -0.25) is 4.90 Å². The number of nitrogens with one attached hydrogen (secondary N) is 2. The van der Waals surface area contributed by atoms with Crippen molar-refractivity contribution >= 4 is 21.0 Å². The van der Waals surface area contributed by atoms with Gasteiger partial charge in [0.05, 0.1) is 0 Å². The minimum absolute atomic E-state index is 0.161. The first-order valence-electron chi connectivity index (χ1n) is 7.38. The smallest absolute Gasteiger partial charge is 0.217 e. The molecular formula is C14H20N4O3S. The van der Waals surface area contributed by atoms with Crippen molar-refractivity contribution in [3.8, 4) is 0 Å². The van der Waals surface area contributed by atoms with Crippen LogP contribution in [-0.2, 0) is 15.8 Å². The zero-order valence-electron chi connectivity index (χ0n) is 12.3. The first-order valence-corrected chi connectivity index (χ1v) is 9.03. The molecule has 2 heterocycles. The number of rotatable bonds is 6. The maximum atomic E-state index is 12.2. The Kier molecular flexibility index (Phi) is 4.72. The number of fused-ring (bicyclic) bond motifs is 1. The van der Waals surface area contributed by atoms with Crippen LogP contribution in [0.5, 0.6) is 0 Å². The van der Waals surface area contributed by atoms with Gasteiger partial charge in [-0.25, -0.2) is 13.1 Å². The van der Waals surface area contributed by atoms with Crippen molar-refractivity contribution < 1.29 is 12.9 Å². The van der Waals surface area contributed by atoms with Crippen LogP contribution < -0.4 is 10.0 Å². The highest BCUT2D eigenvalue weighted by Gasteiger charge is 2.17. The molecule has 0 spiro atoms. The standard InChI is InChI=1S/C14H20N4O3S/c19-22(20,16-7-10-18-8-5-15-6-9-18)11-13-12-3-1-2-4-14(12)21-17-13/h1-4,15-16H,5-11H2. The van der Waals surface area contributed by atoms with E-state index in [1.165, 1.54) is 0 Å². The molecule has 1 aliphatic heterocycles. The zero-order chi connectivity index (χ0) is 15.4. The lowest BCUT2D eigenvalue weighted by atomic mass is 10.2. The lowest BCUT2D eigenvalue weighted by Crippen LogP contribution is -2.46. The summed E-state index contributed by atoms with van der Waals surface area (Å²) >= 11 is 0. The molecule has 8 heteroatoms. The van der Waals surface area contributed by atoms with Crippen LogP contribution in [0.25, 0.3) is 11.0 Å². The van der Waals surface area contributed by atoms with Crippen molar-refractivity contribution in [3.05, 3.63) is 30.0 Å². The Balaban J connectivity index is 1.56. The molecule has 0 amide bonds. The molecule has 1 aliphatic rings. The molecule has 0 aliphatic carbocycles. The lowest BCUT2D eigenvalue weighted by Gasteiger charge is -2.26. The second-order valence-electron chi connectivity index (χ2n) is 5.37. The highest BCUT2D eigenvalue weighted by Crippen LogP contribution is 2.19. The van der Waals surface area contributed by atoms with E-state index in [1.54, 1.807) is 6.07 Å². The Bertz CT molecular complexity index is 723. The average molecular weight is 324 g/mol. The van der Waals surface area contributed by atoms with Gasteiger partial charge in [-0.05, 0) is 12.1 Å². The molecule has 120 valence electrons. The molecule has 0 bridgehead atoms. The molecule has 1 aromatic carbocycles. The van der Waals surface area contributed by atoms with E-state index in [0.717, 1.165) is 38.1 Å². The summed E-state index contributed by atoms with van der Waals surface area (Å²) in [5, 5.41) is 7.88. The number of piperazine rings is 1. The third-order valence-electron chi connectivity index (χ3n) is 3.74. The van der Waals surface area contributed by atoms with E-state index >= 15 is 0 Å². The topological polar surface area (TPSA) is 87.5 Å². The molecular weight excluding hydrogens is 304 g/mol. The van der Waals surface area contributed by atoms with Crippen LogP contribution in [0.2, 0.25) is 0 Å². The Morgan fingerprint density at radius 3 is 2.86 bits per heavy atom. The average Bonchev–Trinajstić information content (AvgIpc) is 2.91. The molecule has 1 saturated heterocycles. The number of aromatic nitrogens is 1. The van der Waals surface area contributed by atoms with Gasteiger partial charge in [0.25, 0.3) is 0 Å². The minimum Gasteiger partial charge on any atom is -0.356 e. The highest BCUT2D eigenvalue weighted by molar-refractivity contribution is 7.88. The molecule has 22 heavy (non-hydrogen) atoms. The summed E-state index contributed by atoms with van der Waals surface area (Å²) in [7, 11) is -3.41. The van der Waals surface area contributed by atoms with Crippen molar-refractivity contribution in [2.75, 3.05) is 39.3 Å². The van der Waals surface area contributed by atoms with Crippen LogP contribution in [0.15, 0.2) is 28.8 Å². The van der Waals surface area contributed by atoms with Gasteiger partial charge in [0, 0.05) is 44.7 Å². The summed E-state index contributed by atoms with van der Waals surface area (Å²) in [4.78, 5) is 2.24. The summed E-state index contributed by atoms with van der Waals surface area (Å²) in [5.41, 5.74) is 1.05. The predicted octanol–water partition coefficient (Wildman–Crippen LogP) is 0.152. The normalized spacial score (nSPS) is 17.1. The van der Waals surface area contributed by atoms with Crippen molar-refractivity contribution in [1.29, 1.82) is 0 Å². The van der Waals surface area contributed by atoms with E-state index in [-0.39, 0.29) is 5.75 Å². The number of sulfonamides is 1. The van der Waals surface area contributed by atoms with Crippen molar-refractivity contribution in [1.82, 2.24) is 20.1 Å². The molecule has 7 nitrogen and oxygen atoms in total. The summed E-state index contributed by atoms with van der Waals surface area (Å²) in [6, 6.07) is 7.26. The Morgan fingerprint density at radius 1 is 1.27 bits per heavy atom. The molecule has 2 N–H and O–H groups in total. The third-order valence-corrected chi connectivity index (χ3v) is 5.04. The number of hydrogen-bond donors (Lipinski definition) is 2. The largest absolute Gasteiger partial charge is 0.356 e. The molecule has 0 unspecified atom stereocenters. The van der Waals surface area contributed by atoms with Crippen molar-refractivity contribution in [2.24, 2.45) is 0 Å². The van der Waals surface area contributed by atoms with Crippen LogP contribution in [0.1, 0.15) is 5.69 Å². The first-order chi connectivity index (χ1) is 10.6. The van der Waals surface area contributed by atoms with E-state index in [1.807, 2.05) is 18.2 Å². The second-order valence-corrected chi connectivity index (χ2v) is 7.18. The van der Waals surface area contributed by atoms with Crippen LogP contribution in [0, 0.1) is 0 Å². The van der Waals surface area contributed by atoms with Crippen LogP contribution in [-0.4, -0.2) is 57.7 Å². The Morgan fingerprint density at radius 2 is 2.05 bits per heavy atom. The van der Waals surface area contributed by atoms with E-state index < -0.39 is 10.0 Å². The fourth-order valence-electron chi connectivity index (χ4n) is 2.57. The quantitative estimate of drug-likeness (QED) is 0.787. The Hall–Kier alpha value is -1.48. The van der Waals surface area contributed by atoms with Crippen LogP contribution >= 0.6 is 0 Å². The fraction of sp³-hybridized carbons (Fsp3) is 0.500. The van der Waals surface area contributed by atoms with Gasteiger partial charge in [-0.15, -0.1) is 0 Å². The van der Waals surface area contributed by atoms with Gasteiger partial charge in [-0.1, -0.05) is 17.3 Å². The van der Waals surface area contributed by atoms with E-state index in [0.29, 0.717) is 17.8 Å². The molecule has 1 fully saturated rings. The minimum atomic E-state index is -3.41. The number of para-hydroxylation sites is 1. The molecule has 3 rings (SSSR count). The monoisotopic (exact) mass is 324 g/mol. The SMILES string of the molecule is O=S(=O)(Cc1noc2ccccc12)NCCN1CCNCC1. The third kappa shape index (κ3) is 3.83. The number of nitrogens with zero attached hydrogens (tertiary/aromatic N) is 2. The van der Waals surface area contributed by atoms with Gasteiger partial charge < -0.3 is 9.84 Å². The zero-order valence-corrected chi connectivity index (χ0v) is 13.1. The van der Waals surface area contributed by atoms with Gasteiger partial charge in [0.1, 0.15) is 11.4 Å². The Labute approximate surface area is 129 Å². The van der Waals surface area contributed by atoms with Gasteiger partial charge in [0.15, 0.2) is 5.58 Å². The summed E-state index contributed by atoms with van der Waals surface area (Å²) in [6.45, 7) is 4.96. The van der Waals surface area contributed by atoms with Crippen molar-refractivity contribution in [2.45, 2.75) is 5.75 Å². The molecule has 2 aromatic rings. The molecule has 0 radical (unpaired) electrons. The van der Waals surface area contributed by atoms with E-state index in [4.69, 9.17) is 4.52 Å². The van der Waals surface area contributed by atoms with Crippen LogP contribution in [0.3, 0.4) is 0 Å². The van der Waals surface area contributed by atoms with E-state index in [9.17, 15) is 8.42 Å². The van der Waals surface area contributed by atoms with Gasteiger partial charge in [-0.2, -0.15) is 0 Å². The maximum absolute atomic E-state index is 12.2.